The number of nitrogens with zero attached hydrogens (tertiary/aromatic N) is 2. The van der Waals surface area contributed by atoms with Gasteiger partial charge in [0.1, 0.15) is 0 Å². The molecule has 1 atom stereocenters. The summed E-state index contributed by atoms with van der Waals surface area (Å²) >= 11 is 1.74. The number of thiophene rings is 1. The Kier molecular flexibility index (Phi) is 4.20. The van der Waals surface area contributed by atoms with Gasteiger partial charge in [-0.15, -0.1) is 0 Å². The summed E-state index contributed by atoms with van der Waals surface area (Å²) in [6, 6.07) is 2.51. The Bertz CT molecular complexity index is 433. The van der Waals surface area contributed by atoms with E-state index in [0.29, 0.717) is 6.04 Å². The number of aromatic nitrogens is 2. The summed E-state index contributed by atoms with van der Waals surface area (Å²) in [6.45, 7) is 5.39. The van der Waals surface area contributed by atoms with Crippen molar-refractivity contribution >= 4 is 17.3 Å². The Morgan fingerprint density at radius 3 is 3.12 bits per heavy atom. The van der Waals surface area contributed by atoms with Gasteiger partial charge in [0.25, 0.3) is 0 Å². The third kappa shape index (κ3) is 2.88. The molecule has 92 valence electrons. The molecule has 2 heterocycles. The van der Waals surface area contributed by atoms with Crippen molar-refractivity contribution in [3.8, 4) is 0 Å². The summed E-state index contributed by atoms with van der Waals surface area (Å²) in [5.74, 6) is 0.970. The van der Waals surface area contributed by atoms with Crippen molar-refractivity contribution in [1.82, 2.24) is 9.55 Å². The lowest BCUT2D eigenvalue weighted by molar-refractivity contribution is 0.643. The van der Waals surface area contributed by atoms with E-state index in [9.17, 15) is 0 Å². The molecule has 2 rings (SSSR count). The van der Waals surface area contributed by atoms with Gasteiger partial charge in [0.05, 0.1) is 6.04 Å². The maximum Gasteiger partial charge on any atom is 0.203 e. The number of anilines is 1. The van der Waals surface area contributed by atoms with E-state index in [1.165, 1.54) is 18.4 Å². The summed E-state index contributed by atoms with van der Waals surface area (Å²) in [4.78, 5) is 4.37. The molecule has 0 aliphatic heterocycles. The fraction of sp³-hybridized carbons (Fsp3) is 0.462. The fourth-order valence-corrected chi connectivity index (χ4v) is 2.56. The summed E-state index contributed by atoms with van der Waals surface area (Å²) in [5.41, 5.74) is 1.34. The predicted octanol–water partition coefficient (Wildman–Crippen LogP) is 3.77. The number of imidazole rings is 1. The van der Waals surface area contributed by atoms with E-state index in [0.717, 1.165) is 12.5 Å². The van der Waals surface area contributed by atoms with E-state index in [1.807, 2.05) is 12.4 Å². The molecule has 0 radical (unpaired) electrons. The molecule has 4 heteroatoms. The van der Waals surface area contributed by atoms with Crippen molar-refractivity contribution in [3.63, 3.8) is 0 Å². The highest BCUT2D eigenvalue weighted by atomic mass is 32.1. The van der Waals surface area contributed by atoms with Crippen LogP contribution in [0, 0.1) is 0 Å². The third-order valence-electron chi connectivity index (χ3n) is 2.92. The standard InChI is InChI=1S/C13H19N3S/c1-3-4-6-14-13-15-7-8-16(13)11(2)12-5-9-17-10-12/h5,7-11H,3-4,6H2,1-2H3,(H,14,15). The summed E-state index contributed by atoms with van der Waals surface area (Å²) < 4.78 is 2.19. The third-order valence-corrected chi connectivity index (χ3v) is 3.63. The van der Waals surface area contributed by atoms with Crippen LogP contribution in [0.3, 0.4) is 0 Å². The normalized spacial score (nSPS) is 12.6. The Morgan fingerprint density at radius 1 is 1.53 bits per heavy atom. The molecule has 0 spiro atoms. The molecule has 0 amide bonds. The molecule has 2 aromatic rings. The van der Waals surface area contributed by atoms with Gasteiger partial charge in [0, 0.05) is 18.9 Å². The molecular formula is C13H19N3S. The van der Waals surface area contributed by atoms with Crippen molar-refractivity contribution in [1.29, 1.82) is 0 Å². The van der Waals surface area contributed by atoms with E-state index in [1.54, 1.807) is 11.3 Å². The monoisotopic (exact) mass is 249 g/mol. The van der Waals surface area contributed by atoms with Crippen LogP contribution in [-0.2, 0) is 0 Å². The van der Waals surface area contributed by atoms with Gasteiger partial charge in [-0.05, 0) is 35.7 Å². The average Bonchev–Trinajstić information content (AvgIpc) is 3.00. The van der Waals surface area contributed by atoms with Crippen molar-refractivity contribution in [2.45, 2.75) is 32.7 Å². The Morgan fingerprint density at radius 2 is 2.41 bits per heavy atom. The first-order valence-electron chi connectivity index (χ1n) is 6.11. The van der Waals surface area contributed by atoms with Gasteiger partial charge >= 0.3 is 0 Å². The minimum atomic E-state index is 0.341. The van der Waals surface area contributed by atoms with Gasteiger partial charge in [0.15, 0.2) is 0 Å². The van der Waals surface area contributed by atoms with Crippen LogP contribution in [-0.4, -0.2) is 16.1 Å². The van der Waals surface area contributed by atoms with Crippen LogP contribution in [0.4, 0.5) is 5.95 Å². The first-order valence-corrected chi connectivity index (χ1v) is 7.06. The largest absolute Gasteiger partial charge is 0.356 e. The van der Waals surface area contributed by atoms with Crippen molar-refractivity contribution in [2.75, 3.05) is 11.9 Å². The minimum absolute atomic E-state index is 0.341. The van der Waals surface area contributed by atoms with E-state index < -0.39 is 0 Å². The first kappa shape index (κ1) is 12.2. The van der Waals surface area contributed by atoms with Gasteiger partial charge < -0.3 is 9.88 Å². The number of hydrogen-bond donors (Lipinski definition) is 1. The van der Waals surface area contributed by atoms with Crippen LogP contribution >= 0.6 is 11.3 Å². The molecule has 3 nitrogen and oxygen atoms in total. The minimum Gasteiger partial charge on any atom is -0.356 e. The molecule has 0 bridgehead atoms. The van der Waals surface area contributed by atoms with E-state index >= 15 is 0 Å². The molecule has 0 saturated carbocycles. The van der Waals surface area contributed by atoms with E-state index in [-0.39, 0.29) is 0 Å². The zero-order chi connectivity index (χ0) is 12.1. The van der Waals surface area contributed by atoms with E-state index in [4.69, 9.17) is 0 Å². The highest BCUT2D eigenvalue weighted by Gasteiger charge is 2.11. The second-order valence-corrected chi connectivity index (χ2v) is 4.95. The van der Waals surface area contributed by atoms with Gasteiger partial charge in [-0.2, -0.15) is 11.3 Å². The maximum atomic E-state index is 4.37. The number of hydrogen-bond acceptors (Lipinski definition) is 3. The zero-order valence-corrected chi connectivity index (χ0v) is 11.2. The fourth-order valence-electron chi connectivity index (χ4n) is 1.81. The van der Waals surface area contributed by atoms with Gasteiger partial charge in [0.2, 0.25) is 5.95 Å². The molecule has 17 heavy (non-hydrogen) atoms. The Labute approximate surface area is 107 Å². The quantitative estimate of drug-likeness (QED) is 0.790. The van der Waals surface area contributed by atoms with Crippen LogP contribution in [0.5, 0.6) is 0 Å². The maximum absolute atomic E-state index is 4.37. The lowest BCUT2D eigenvalue weighted by Crippen LogP contribution is -2.12. The second-order valence-electron chi connectivity index (χ2n) is 4.17. The Hall–Kier alpha value is -1.29. The molecule has 0 aromatic carbocycles. The number of rotatable bonds is 6. The molecule has 0 aliphatic rings. The number of nitrogens with one attached hydrogen (secondary N) is 1. The predicted molar refractivity (Wildman–Crippen MR) is 73.8 cm³/mol. The highest BCUT2D eigenvalue weighted by molar-refractivity contribution is 7.07. The molecule has 0 aliphatic carbocycles. The molecular weight excluding hydrogens is 230 g/mol. The summed E-state index contributed by atoms with van der Waals surface area (Å²) in [6.07, 6.45) is 6.28. The molecule has 0 saturated heterocycles. The lowest BCUT2D eigenvalue weighted by atomic mass is 10.2. The smallest absolute Gasteiger partial charge is 0.203 e. The highest BCUT2D eigenvalue weighted by Crippen LogP contribution is 2.23. The molecule has 1 N–H and O–H groups in total. The Balaban J connectivity index is 2.08. The van der Waals surface area contributed by atoms with Crippen LogP contribution in [0.15, 0.2) is 29.2 Å². The zero-order valence-electron chi connectivity index (χ0n) is 10.4. The SMILES string of the molecule is CCCCNc1nccn1C(C)c1ccsc1. The van der Waals surface area contributed by atoms with Crippen molar-refractivity contribution in [2.24, 2.45) is 0 Å². The van der Waals surface area contributed by atoms with Gasteiger partial charge in [-0.1, -0.05) is 13.3 Å². The molecule has 0 fully saturated rings. The average molecular weight is 249 g/mol. The van der Waals surface area contributed by atoms with Crippen LogP contribution < -0.4 is 5.32 Å². The van der Waals surface area contributed by atoms with Gasteiger partial charge in [-0.3, -0.25) is 0 Å². The van der Waals surface area contributed by atoms with Crippen LogP contribution in [0.2, 0.25) is 0 Å². The number of unbranched alkanes of at least 4 members (excludes halogenated alkanes) is 1. The summed E-state index contributed by atoms with van der Waals surface area (Å²) in [5, 5.41) is 7.71. The molecule has 2 aromatic heterocycles. The summed E-state index contributed by atoms with van der Waals surface area (Å²) in [7, 11) is 0. The second kappa shape index (κ2) is 5.87. The van der Waals surface area contributed by atoms with E-state index in [2.05, 4.69) is 45.5 Å². The van der Waals surface area contributed by atoms with Crippen LogP contribution in [0.1, 0.15) is 38.3 Å². The van der Waals surface area contributed by atoms with Crippen molar-refractivity contribution in [3.05, 3.63) is 34.8 Å². The lowest BCUT2D eigenvalue weighted by Gasteiger charge is -2.16. The molecule has 1 unspecified atom stereocenters. The van der Waals surface area contributed by atoms with Gasteiger partial charge in [-0.25, -0.2) is 4.98 Å². The topological polar surface area (TPSA) is 29.9 Å². The van der Waals surface area contributed by atoms with Crippen molar-refractivity contribution < 1.29 is 0 Å². The van der Waals surface area contributed by atoms with Crippen LogP contribution in [0.25, 0.3) is 0 Å². The first-order chi connectivity index (χ1) is 8.33.